The number of anilines is 1. The van der Waals surface area contributed by atoms with Gasteiger partial charge in [0.15, 0.2) is 0 Å². The van der Waals surface area contributed by atoms with Crippen molar-refractivity contribution in [2.24, 2.45) is 0 Å². The van der Waals surface area contributed by atoms with Gasteiger partial charge in [0.25, 0.3) is 0 Å². The molecule has 1 amide bonds. The van der Waals surface area contributed by atoms with Crippen molar-refractivity contribution in [2.75, 3.05) is 12.4 Å². The summed E-state index contributed by atoms with van der Waals surface area (Å²) in [5, 5.41) is 8.99. The molecule has 3 rings (SSSR count). The maximum atomic E-state index is 12.3. The van der Waals surface area contributed by atoms with Gasteiger partial charge in [0.1, 0.15) is 4.88 Å². The van der Waals surface area contributed by atoms with Gasteiger partial charge >= 0.3 is 5.97 Å². The summed E-state index contributed by atoms with van der Waals surface area (Å²) >= 11 is 1.22. The number of nitrogens with zero attached hydrogens (tertiary/aromatic N) is 2. The summed E-state index contributed by atoms with van der Waals surface area (Å²) < 4.78 is 6.56. The molecular weight excluding hydrogens is 362 g/mol. The van der Waals surface area contributed by atoms with Crippen LogP contribution in [0.2, 0.25) is 0 Å². The number of thiophene rings is 1. The van der Waals surface area contributed by atoms with Crippen LogP contribution in [0.3, 0.4) is 0 Å². The second-order valence-electron chi connectivity index (χ2n) is 5.81. The molecular formula is C20H19N3O3S. The molecule has 0 aliphatic rings. The first-order chi connectivity index (χ1) is 13.0. The third kappa shape index (κ3) is 3.98. The van der Waals surface area contributed by atoms with E-state index in [9.17, 15) is 9.59 Å². The van der Waals surface area contributed by atoms with Crippen molar-refractivity contribution < 1.29 is 14.3 Å². The van der Waals surface area contributed by atoms with Crippen molar-refractivity contribution in [1.29, 1.82) is 0 Å². The average Bonchev–Trinajstić information content (AvgIpc) is 3.24. The predicted molar refractivity (Wildman–Crippen MR) is 106 cm³/mol. The van der Waals surface area contributed by atoms with Gasteiger partial charge in [0.2, 0.25) is 5.91 Å². The van der Waals surface area contributed by atoms with Crippen molar-refractivity contribution >= 4 is 35.0 Å². The molecule has 0 aliphatic carbocycles. The molecule has 2 aromatic heterocycles. The topological polar surface area (TPSA) is 73.2 Å². The van der Waals surface area contributed by atoms with Crippen molar-refractivity contribution in [3.63, 3.8) is 0 Å². The maximum absolute atomic E-state index is 12.3. The highest BCUT2D eigenvalue weighted by Crippen LogP contribution is 2.23. The highest BCUT2D eigenvalue weighted by Gasteiger charge is 2.15. The summed E-state index contributed by atoms with van der Waals surface area (Å²) in [5.74, 6) is -0.801. The Morgan fingerprint density at radius 2 is 1.93 bits per heavy atom. The van der Waals surface area contributed by atoms with Crippen LogP contribution in [0.4, 0.5) is 5.69 Å². The number of aryl methyl sites for hydroxylation is 1. The fraction of sp³-hybridized carbons (Fsp3) is 0.150. The number of rotatable bonds is 5. The Bertz CT molecular complexity index is 1000. The van der Waals surface area contributed by atoms with E-state index in [0.29, 0.717) is 10.6 Å². The highest BCUT2D eigenvalue weighted by atomic mass is 32.1. The zero-order chi connectivity index (χ0) is 19.4. The van der Waals surface area contributed by atoms with Gasteiger partial charge in [-0.25, -0.2) is 9.48 Å². The number of esters is 1. The minimum Gasteiger partial charge on any atom is -0.465 e. The number of ether oxygens (including phenoxy) is 1. The number of methoxy groups -OCH3 is 1. The van der Waals surface area contributed by atoms with Crippen LogP contribution in [0.1, 0.15) is 26.6 Å². The Kier molecular flexibility index (Phi) is 5.52. The number of benzene rings is 1. The second-order valence-corrected chi connectivity index (χ2v) is 6.73. The summed E-state index contributed by atoms with van der Waals surface area (Å²) in [7, 11) is 1.31. The van der Waals surface area contributed by atoms with Crippen LogP contribution in [-0.2, 0) is 9.53 Å². The number of aromatic nitrogens is 2. The first-order valence-corrected chi connectivity index (χ1v) is 9.15. The number of para-hydroxylation sites is 1. The lowest BCUT2D eigenvalue weighted by Crippen LogP contribution is -2.10. The summed E-state index contributed by atoms with van der Waals surface area (Å²) in [6, 6.07) is 11.5. The summed E-state index contributed by atoms with van der Waals surface area (Å²) in [5.41, 5.74) is 4.05. The number of carbonyl (C=O) groups excluding carboxylic acids is 2. The molecule has 0 aliphatic heterocycles. The van der Waals surface area contributed by atoms with Crippen LogP contribution < -0.4 is 5.32 Å². The summed E-state index contributed by atoms with van der Waals surface area (Å²) in [6.07, 6.45) is 3.17. The molecule has 27 heavy (non-hydrogen) atoms. The van der Waals surface area contributed by atoms with E-state index < -0.39 is 5.97 Å². The van der Waals surface area contributed by atoms with E-state index in [1.807, 2.05) is 48.9 Å². The standard InChI is InChI=1S/C20H19N3O3S/c1-13-16(14(2)23(22-13)15-7-5-4-6-8-15)9-10-18(24)21-17-11-12-27-19(17)20(25)26-3/h4-12H,1-3H3,(H,21,24)/b10-9+. The van der Waals surface area contributed by atoms with Crippen LogP contribution in [0, 0.1) is 13.8 Å². The van der Waals surface area contributed by atoms with Gasteiger partial charge in [0.05, 0.1) is 24.2 Å². The molecule has 0 spiro atoms. The van der Waals surface area contributed by atoms with Crippen LogP contribution in [0.25, 0.3) is 11.8 Å². The van der Waals surface area contributed by atoms with Crippen molar-refractivity contribution in [2.45, 2.75) is 13.8 Å². The lowest BCUT2D eigenvalue weighted by molar-refractivity contribution is -0.111. The Morgan fingerprint density at radius 1 is 1.19 bits per heavy atom. The number of nitrogens with one attached hydrogen (secondary N) is 1. The molecule has 138 valence electrons. The number of hydrogen-bond acceptors (Lipinski definition) is 5. The fourth-order valence-corrected chi connectivity index (χ4v) is 3.47. The maximum Gasteiger partial charge on any atom is 0.350 e. The van der Waals surface area contributed by atoms with Crippen molar-refractivity contribution in [1.82, 2.24) is 9.78 Å². The highest BCUT2D eigenvalue weighted by molar-refractivity contribution is 7.12. The monoisotopic (exact) mass is 381 g/mol. The van der Waals surface area contributed by atoms with Gasteiger partial charge in [-0.3, -0.25) is 4.79 Å². The van der Waals surface area contributed by atoms with E-state index in [1.54, 1.807) is 17.5 Å². The Balaban J connectivity index is 1.79. The lowest BCUT2D eigenvalue weighted by atomic mass is 10.2. The quantitative estimate of drug-likeness (QED) is 0.536. The molecule has 1 aromatic carbocycles. The van der Waals surface area contributed by atoms with Gasteiger partial charge in [-0.2, -0.15) is 5.10 Å². The van der Waals surface area contributed by atoms with Gasteiger partial charge < -0.3 is 10.1 Å². The van der Waals surface area contributed by atoms with Gasteiger partial charge in [-0.1, -0.05) is 18.2 Å². The Hall–Kier alpha value is -3.19. The van der Waals surface area contributed by atoms with E-state index in [1.165, 1.54) is 24.5 Å². The first kappa shape index (κ1) is 18.6. The Labute approximate surface area is 161 Å². The molecule has 0 fully saturated rings. The summed E-state index contributed by atoms with van der Waals surface area (Å²) in [4.78, 5) is 24.3. The van der Waals surface area contributed by atoms with Crippen LogP contribution in [0.5, 0.6) is 0 Å². The smallest absolute Gasteiger partial charge is 0.350 e. The number of hydrogen-bond donors (Lipinski definition) is 1. The number of carbonyl (C=O) groups is 2. The van der Waals surface area contributed by atoms with Gasteiger partial charge in [0, 0.05) is 17.3 Å². The molecule has 6 nitrogen and oxygen atoms in total. The van der Waals surface area contributed by atoms with E-state index in [4.69, 9.17) is 4.74 Å². The van der Waals surface area contributed by atoms with Crippen LogP contribution in [0.15, 0.2) is 47.9 Å². The molecule has 0 unspecified atom stereocenters. The molecule has 0 radical (unpaired) electrons. The SMILES string of the molecule is COC(=O)c1sccc1NC(=O)/C=C/c1c(C)nn(-c2ccccc2)c1C. The van der Waals surface area contributed by atoms with Gasteiger partial charge in [-0.15, -0.1) is 11.3 Å². The molecule has 1 N–H and O–H groups in total. The zero-order valence-electron chi connectivity index (χ0n) is 15.2. The molecule has 2 heterocycles. The molecule has 0 saturated carbocycles. The van der Waals surface area contributed by atoms with Crippen molar-refractivity contribution in [3.05, 3.63) is 69.7 Å². The van der Waals surface area contributed by atoms with E-state index in [-0.39, 0.29) is 5.91 Å². The molecule has 7 heteroatoms. The predicted octanol–water partition coefficient (Wildman–Crippen LogP) is 3.99. The van der Waals surface area contributed by atoms with Gasteiger partial charge in [-0.05, 0) is 43.5 Å². The van der Waals surface area contributed by atoms with E-state index in [2.05, 4.69) is 10.4 Å². The first-order valence-electron chi connectivity index (χ1n) is 8.27. The Morgan fingerprint density at radius 3 is 2.63 bits per heavy atom. The zero-order valence-corrected chi connectivity index (χ0v) is 16.0. The minimum absolute atomic E-state index is 0.329. The molecule has 0 bridgehead atoms. The fourth-order valence-electron chi connectivity index (χ4n) is 2.71. The minimum atomic E-state index is -0.472. The summed E-state index contributed by atoms with van der Waals surface area (Å²) in [6.45, 7) is 3.86. The number of amides is 1. The molecule has 0 atom stereocenters. The molecule has 3 aromatic rings. The second kappa shape index (κ2) is 8.01. The third-order valence-corrected chi connectivity index (χ3v) is 4.94. The van der Waals surface area contributed by atoms with Crippen molar-refractivity contribution in [3.8, 4) is 5.69 Å². The molecule has 0 saturated heterocycles. The van der Waals surface area contributed by atoms with E-state index >= 15 is 0 Å². The lowest BCUT2D eigenvalue weighted by Gasteiger charge is -2.04. The normalized spacial score (nSPS) is 10.9. The average molecular weight is 381 g/mol. The van der Waals surface area contributed by atoms with Crippen LogP contribution >= 0.6 is 11.3 Å². The largest absolute Gasteiger partial charge is 0.465 e. The third-order valence-electron chi connectivity index (χ3n) is 4.04. The van der Waals surface area contributed by atoms with E-state index in [0.717, 1.165) is 22.6 Å². The van der Waals surface area contributed by atoms with Crippen LogP contribution in [-0.4, -0.2) is 28.8 Å².